The number of hydrogen-bond donors (Lipinski definition) is 0. The molecule has 0 amide bonds. The summed E-state index contributed by atoms with van der Waals surface area (Å²) in [5.41, 5.74) is 2.64. The fraction of sp³-hybridized carbons (Fsp3) is 0.118. The largest absolute Gasteiger partial charge is 0.282 e. The molecule has 4 heteroatoms. The monoisotopic (exact) mass is 277 g/mol. The van der Waals surface area contributed by atoms with Gasteiger partial charge in [0.05, 0.1) is 17.1 Å². The number of benzene rings is 2. The SMILES string of the molecule is Cc1ccccc1/C=N\n1c(C)nc2ccccc2c1=O. The summed E-state index contributed by atoms with van der Waals surface area (Å²) in [6.07, 6.45) is 1.69. The number of nitrogens with zero attached hydrogens (tertiary/aromatic N) is 3. The van der Waals surface area contributed by atoms with Gasteiger partial charge in [-0.2, -0.15) is 9.78 Å². The Hall–Kier alpha value is -2.75. The van der Waals surface area contributed by atoms with Crippen molar-refractivity contribution in [2.24, 2.45) is 5.10 Å². The van der Waals surface area contributed by atoms with E-state index < -0.39 is 0 Å². The second-order valence-corrected chi connectivity index (χ2v) is 4.89. The summed E-state index contributed by atoms with van der Waals surface area (Å²) in [5.74, 6) is 0.573. The summed E-state index contributed by atoms with van der Waals surface area (Å²) in [4.78, 5) is 16.9. The molecule has 2 aromatic carbocycles. The molecule has 0 aliphatic carbocycles. The van der Waals surface area contributed by atoms with Gasteiger partial charge < -0.3 is 0 Å². The van der Waals surface area contributed by atoms with Gasteiger partial charge in [0.25, 0.3) is 5.56 Å². The Morgan fingerprint density at radius 1 is 1.05 bits per heavy atom. The third-order valence-electron chi connectivity index (χ3n) is 3.42. The Morgan fingerprint density at radius 2 is 1.76 bits per heavy atom. The van der Waals surface area contributed by atoms with Gasteiger partial charge in [0.2, 0.25) is 0 Å². The summed E-state index contributed by atoms with van der Waals surface area (Å²) >= 11 is 0. The lowest BCUT2D eigenvalue weighted by Crippen LogP contribution is -2.20. The smallest absolute Gasteiger partial charge is 0.267 e. The quantitative estimate of drug-likeness (QED) is 0.676. The maximum absolute atomic E-state index is 12.5. The van der Waals surface area contributed by atoms with Crippen molar-refractivity contribution in [1.82, 2.24) is 9.66 Å². The van der Waals surface area contributed by atoms with Gasteiger partial charge in [-0.3, -0.25) is 4.79 Å². The number of aryl methyl sites for hydroxylation is 2. The van der Waals surface area contributed by atoms with Gasteiger partial charge >= 0.3 is 0 Å². The Morgan fingerprint density at radius 3 is 2.57 bits per heavy atom. The first-order chi connectivity index (χ1) is 10.2. The molecule has 0 unspecified atom stereocenters. The van der Waals surface area contributed by atoms with Crippen LogP contribution in [-0.4, -0.2) is 15.9 Å². The van der Waals surface area contributed by atoms with Crippen LogP contribution in [0, 0.1) is 13.8 Å². The van der Waals surface area contributed by atoms with Crippen molar-refractivity contribution in [3.63, 3.8) is 0 Å². The Kier molecular flexibility index (Phi) is 3.36. The van der Waals surface area contributed by atoms with Gasteiger partial charge in [0.15, 0.2) is 0 Å². The number of fused-ring (bicyclic) bond motifs is 1. The van der Waals surface area contributed by atoms with Gasteiger partial charge in [0.1, 0.15) is 5.82 Å². The van der Waals surface area contributed by atoms with Crippen LogP contribution < -0.4 is 5.56 Å². The molecule has 3 rings (SSSR count). The van der Waals surface area contributed by atoms with Crippen LogP contribution in [0.15, 0.2) is 58.4 Å². The Balaban J connectivity index is 2.13. The minimum atomic E-state index is -0.150. The molecule has 4 nitrogen and oxygen atoms in total. The number of hydrogen-bond acceptors (Lipinski definition) is 3. The van der Waals surface area contributed by atoms with Crippen LogP contribution in [0.4, 0.5) is 0 Å². The summed E-state index contributed by atoms with van der Waals surface area (Å²) < 4.78 is 1.34. The van der Waals surface area contributed by atoms with Crippen molar-refractivity contribution < 1.29 is 0 Å². The molecule has 0 atom stereocenters. The maximum atomic E-state index is 12.5. The van der Waals surface area contributed by atoms with E-state index in [0.717, 1.165) is 11.1 Å². The first-order valence-electron chi connectivity index (χ1n) is 6.75. The van der Waals surface area contributed by atoms with Crippen LogP contribution in [0.2, 0.25) is 0 Å². The predicted octanol–water partition coefficient (Wildman–Crippen LogP) is 2.90. The molecule has 0 saturated carbocycles. The molecule has 0 radical (unpaired) electrons. The summed E-state index contributed by atoms with van der Waals surface area (Å²) in [6.45, 7) is 3.79. The first-order valence-corrected chi connectivity index (χ1v) is 6.75. The lowest BCUT2D eigenvalue weighted by molar-refractivity contribution is 0.771. The number of rotatable bonds is 2. The second kappa shape index (κ2) is 5.32. The van der Waals surface area contributed by atoms with Crippen molar-refractivity contribution in [2.75, 3.05) is 0 Å². The lowest BCUT2D eigenvalue weighted by atomic mass is 10.1. The highest BCUT2D eigenvalue weighted by Crippen LogP contribution is 2.08. The fourth-order valence-electron chi connectivity index (χ4n) is 2.22. The van der Waals surface area contributed by atoms with Crippen molar-refractivity contribution in [1.29, 1.82) is 0 Å². The minimum absolute atomic E-state index is 0.150. The minimum Gasteiger partial charge on any atom is -0.267 e. The van der Waals surface area contributed by atoms with E-state index in [1.54, 1.807) is 19.2 Å². The molecule has 0 bridgehead atoms. The van der Waals surface area contributed by atoms with Crippen LogP contribution >= 0.6 is 0 Å². The molecule has 0 aliphatic rings. The molecule has 0 N–H and O–H groups in total. The third-order valence-corrected chi connectivity index (χ3v) is 3.42. The van der Waals surface area contributed by atoms with Gasteiger partial charge in [-0.15, -0.1) is 0 Å². The zero-order valence-corrected chi connectivity index (χ0v) is 11.9. The van der Waals surface area contributed by atoms with Crippen LogP contribution in [0.1, 0.15) is 17.0 Å². The van der Waals surface area contributed by atoms with E-state index in [9.17, 15) is 4.79 Å². The molecule has 0 spiro atoms. The highest BCUT2D eigenvalue weighted by atomic mass is 16.1. The zero-order valence-electron chi connectivity index (χ0n) is 11.9. The summed E-state index contributed by atoms with van der Waals surface area (Å²) in [7, 11) is 0. The van der Waals surface area contributed by atoms with Gasteiger partial charge in [-0.1, -0.05) is 36.4 Å². The predicted molar refractivity (Wildman–Crippen MR) is 84.9 cm³/mol. The van der Waals surface area contributed by atoms with Gasteiger partial charge in [0, 0.05) is 0 Å². The highest BCUT2D eigenvalue weighted by Gasteiger charge is 2.06. The highest BCUT2D eigenvalue weighted by molar-refractivity contribution is 5.82. The fourth-order valence-corrected chi connectivity index (χ4v) is 2.22. The van der Waals surface area contributed by atoms with E-state index >= 15 is 0 Å². The summed E-state index contributed by atoms with van der Waals surface area (Å²) in [5, 5.41) is 4.88. The van der Waals surface area contributed by atoms with Crippen molar-refractivity contribution in [2.45, 2.75) is 13.8 Å². The van der Waals surface area contributed by atoms with Crippen LogP contribution in [0.5, 0.6) is 0 Å². The van der Waals surface area contributed by atoms with Crippen LogP contribution in [-0.2, 0) is 0 Å². The van der Waals surface area contributed by atoms with E-state index in [2.05, 4.69) is 10.1 Å². The third kappa shape index (κ3) is 2.48. The van der Waals surface area contributed by atoms with Crippen molar-refractivity contribution in [3.05, 3.63) is 75.8 Å². The molecule has 0 fully saturated rings. The van der Waals surface area contributed by atoms with E-state index in [4.69, 9.17) is 0 Å². The standard InChI is InChI=1S/C17H15N3O/c1-12-7-3-4-8-14(12)11-18-20-13(2)19-16-10-6-5-9-15(16)17(20)21/h3-11H,1-2H3/b18-11-. The lowest BCUT2D eigenvalue weighted by Gasteiger charge is -2.05. The van der Waals surface area contributed by atoms with E-state index in [1.807, 2.05) is 49.4 Å². The van der Waals surface area contributed by atoms with Crippen LogP contribution in [0.3, 0.4) is 0 Å². The molecular formula is C17H15N3O. The molecule has 0 saturated heterocycles. The van der Waals surface area contributed by atoms with Crippen molar-refractivity contribution in [3.8, 4) is 0 Å². The van der Waals surface area contributed by atoms with Crippen LogP contribution in [0.25, 0.3) is 10.9 Å². The molecule has 0 aliphatic heterocycles. The second-order valence-electron chi connectivity index (χ2n) is 4.89. The van der Waals surface area contributed by atoms with E-state index in [0.29, 0.717) is 16.7 Å². The summed E-state index contributed by atoms with van der Waals surface area (Å²) in [6, 6.07) is 15.2. The number of aromatic nitrogens is 2. The molecule has 104 valence electrons. The Bertz CT molecular complexity index is 894. The van der Waals surface area contributed by atoms with Crippen molar-refractivity contribution >= 4 is 17.1 Å². The molecule has 1 heterocycles. The normalized spacial score (nSPS) is 11.3. The topological polar surface area (TPSA) is 47.2 Å². The number of para-hydroxylation sites is 1. The zero-order chi connectivity index (χ0) is 14.8. The van der Waals surface area contributed by atoms with Gasteiger partial charge in [-0.05, 0) is 37.1 Å². The molecule has 1 aromatic heterocycles. The average molecular weight is 277 g/mol. The van der Waals surface area contributed by atoms with E-state index in [1.165, 1.54) is 4.68 Å². The first kappa shape index (κ1) is 13.2. The van der Waals surface area contributed by atoms with E-state index in [-0.39, 0.29) is 5.56 Å². The van der Waals surface area contributed by atoms with Gasteiger partial charge in [-0.25, -0.2) is 4.98 Å². The molecular weight excluding hydrogens is 262 g/mol. The average Bonchev–Trinajstić information content (AvgIpc) is 2.49. The maximum Gasteiger partial charge on any atom is 0.282 e. The molecule has 21 heavy (non-hydrogen) atoms. The molecule has 3 aromatic rings. The Labute approximate surface area is 122 Å².